The van der Waals surface area contributed by atoms with Gasteiger partial charge in [0.25, 0.3) is 0 Å². The van der Waals surface area contributed by atoms with E-state index in [0.29, 0.717) is 76.1 Å². The molecule has 604 valence electrons. The number of methoxy groups -OCH3 is 2. The number of ether oxygens (including phenoxy) is 4. The first-order valence-corrected chi connectivity index (χ1v) is 36.2. The molecule has 0 spiro atoms. The van der Waals surface area contributed by atoms with Gasteiger partial charge in [-0.25, -0.2) is 4.99 Å². The molecule has 30 heteroatoms. The van der Waals surface area contributed by atoms with Crippen LogP contribution in [0.5, 0.6) is 23.0 Å². The van der Waals surface area contributed by atoms with Gasteiger partial charge in [-0.1, -0.05) is 132 Å². The summed E-state index contributed by atoms with van der Waals surface area (Å²) in [6, 6.07) is 36.7. The van der Waals surface area contributed by atoms with Gasteiger partial charge >= 0.3 is 37.0 Å². The second kappa shape index (κ2) is 42.2. The van der Waals surface area contributed by atoms with Crippen molar-refractivity contribution in [2.45, 2.75) is 149 Å². The SMILES string of the molecule is CCN(CC)CC.COc1ccc(C(C)C)cc1-c1ccc(C(F)(F)F)cc1CN1C(NC#N)=N[C@H](c2cc(C(F)(F)F)cc(C(F)(F)F)c2)[C@@H]1C.COc1ccc(C(C)C)cc1-c1ccc(C)cc1CN[C@@H](C)[C@H](N)c1cc(C(F)(F)F)cc(C(F)(F)F)c1.ClCCCl.N#CN=C(Oc1ccccc1)Oc1ccccc1. The average molecular weight is 1620 g/mol. The predicted octanol–water partition coefficient (Wildman–Crippen LogP) is 22.7. The fourth-order valence-corrected chi connectivity index (χ4v) is 11.4. The van der Waals surface area contributed by atoms with Gasteiger partial charge in [-0.05, 0) is 194 Å². The van der Waals surface area contributed by atoms with Crippen molar-refractivity contribution < 1.29 is 84.8 Å². The molecule has 13 nitrogen and oxygen atoms in total. The molecule has 0 bridgehead atoms. The number of benzene rings is 8. The minimum Gasteiger partial charge on any atom is -0.496 e. The van der Waals surface area contributed by atoms with Crippen LogP contribution in [0.1, 0.15) is 153 Å². The smallest absolute Gasteiger partial charge is 0.416 e. The largest absolute Gasteiger partial charge is 0.496 e. The van der Waals surface area contributed by atoms with Crippen LogP contribution in [0.25, 0.3) is 22.3 Å². The average Bonchev–Trinajstić information content (AvgIpc) is 1.55. The lowest BCUT2D eigenvalue weighted by molar-refractivity contribution is -0.144. The van der Waals surface area contributed by atoms with E-state index in [0.717, 1.165) is 45.5 Å². The van der Waals surface area contributed by atoms with Crippen molar-refractivity contribution in [1.82, 2.24) is 20.4 Å². The number of nitrogens with one attached hydrogen (secondary N) is 2. The highest BCUT2D eigenvalue weighted by molar-refractivity contribution is 6.26. The van der Waals surface area contributed by atoms with E-state index >= 15 is 0 Å². The Hall–Kier alpha value is -9.71. The third-order valence-electron chi connectivity index (χ3n) is 17.6. The minimum absolute atomic E-state index is 0.00733. The van der Waals surface area contributed by atoms with E-state index in [1.807, 2.05) is 93.6 Å². The predicted molar refractivity (Wildman–Crippen MR) is 407 cm³/mol. The molecule has 9 rings (SSSR count). The lowest BCUT2D eigenvalue weighted by Gasteiger charge is -2.29. The van der Waals surface area contributed by atoms with Crippen molar-refractivity contribution in [3.05, 3.63) is 237 Å². The molecular formula is C82H88Cl2F15N9O4. The Balaban J connectivity index is 0.000000299. The van der Waals surface area contributed by atoms with Crippen LogP contribution in [0.2, 0.25) is 0 Å². The number of guanidine groups is 1. The summed E-state index contributed by atoms with van der Waals surface area (Å²) in [4.78, 5) is 11.4. The van der Waals surface area contributed by atoms with Crippen molar-refractivity contribution in [2.75, 3.05) is 45.6 Å². The molecule has 1 aliphatic heterocycles. The van der Waals surface area contributed by atoms with Crippen LogP contribution >= 0.6 is 23.2 Å². The third kappa shape index (κ3) is 27.3. The number of nitrogens with zero attached hydrogens (tertiary/aromatic N) is 6. The Morgan fingerprint density at radius 2 is 0.973 bits per heavy atom. The molecule has 0 aromatic heterocycles. The number of para-hydroxylation sites is 2. The molecule has 0 radical (unpaired) electrons. The highest BCUT2D eigenvalue weighted by atomic mass is 35.5. The van der Waals surface area contributed by atoms with Gasteiger partial charge in [0.05, 0.1) is 54.1 Å². The molecule has 112 heavy (non-hydrogen) atoms. The van der Waals surface area contributed by atoms with Gasteiger partial charge in [-0.3, -0.25) is 5.32 Å². The van der Waals surface area contributed by atoms with E-state index in [-0.39, 0.29) is 54.3 Å². The second-order valence-electron chi connectivity index (χ2n) is 25.9. The van der Waals surface area contributed by atoms with Crippen molar-refractivity contribution >= 4 is 35.2 Å². The molecule has 0 saturated carbocycles. The first-order valence-electron chi connectivity index (χ1n) is 35.1. The van der Waals surface area contributed by atoms with Crippen LogP contribution < -0.4 is 35.3 Å². The van der Waals surface area contributed by atoms with E-state index in [1.54, 1.807) is 62.8 Å². The molecule has 1 aliphatic rings. The Kier molecular flexibility index (Phi) is 35.0. The summed E-state index contributed by atoms with van der Waals surface area (Å²) in [5.41, 5.74) is 5.25. The minimum atomic E-state index is -5.11. The quantitative estimate of drug-likeness (QED) is 0.0166. The van der Waals surface area contributed by atoms with Gasteiger partial charge < -0.3 is 39.8 Å². The van der Waals surface area contributed by atoms with Gasteiger partial charge in [0.1, 0.15) is 23.0 Å². The Morgan fingerprint density at radius 3 is 1.36 bits per heavy atom. The van der Waals surface area contributed by atoms with Crippen molar-refractivity contribution in [1.29, 1.82) is 10.5 Å². The van der Waals surface area contributed by atoms with Crippen molar-refractivity contribution in [3.8, 4) is 57.6 Å². The maximum absolute atomic E-state index is 13.9. The van der Waals surface area contributed by atoms with Gasteiger partial charge in [-0.2, -0.15) is 76.4 Å². The Labute approximate surface area is 652 Å². The number of hydrogen-bond donors (Lipinski definition) is 3. The van der Waals surface area contributed by atoms with Crippen molar-refractivity contribution in [2.24, 2.45) is 15.7 Å². The second-order valence-corrected chi connectivity index (χ2v) is 26.7. The summed E-state index contributed by atoms with van der Waals surface area (Å²) in [7, 11) is 2.99. The number of hydrogen-bond acceptors (Lipinski definition) is 13. The summed E-state index contributed by atoms with van der Waals surface area (Å²) in [5, 5.41) is 23.4. The molecule has 4 N–H and O–H groups in total. The van der Waals surface area contributed by atoms with Crippen LogP contribution in [0.3, 0.4) is 0 Å². The van der Waals surface area contributed by atoms with Gasteiger partial charge in [0.2, 0.25) is 12.2 Å². The van der Waals surface area contributed by atoms with Crippen LogP contribution in [0.15, 0.2) is 180 Å². The number of nitriles is 2. The van der Waals surface area contributed by atoms with Crippen LogP contribution in [-0.2, 0) is 44.0 Å². The first kappa shape index (κ1) is 92.9. The number of halogens is 17. The summed E-state index contributed by atoms with van der Waals surface area (Å²) in [5.74, 6) is 3.40. The molecule has 0 saturated heterocycles. The summed E-state index contributed by atoms with van der Waals surface area (Å²) in [6.07, 6.45) is -21.6. The van der Waals surface area contributed by atoms with E-state index < -0.39 is 88.4 Å². The van der Waals surface area contributed by atoms with E-state index in [4.69, 9.17) is 53.1 Å². The highest BCUT2D eigenvalue weighted by Crippen LogP contribution is 2.45. The zero-order chi connectivity index (χ0) is 83.6. The summed E-state index contributed by atoms with van der Waals surface area (Å²) < 4.78 is 225. The monoisotopic (exact) mass is 1620 g/mol. The van der Waals surface area contributed by atoms with Gasteiger partial charge in [0.15, 0.2) is 6.19 Å². The number of nitrogens with two attached hydrogens (primary N) is 1. The Morgan fingerprint density at radius 1 is 0.545 bits per heavy atom. The molecule has 1 heterocycles. The molecule has 4 atom stereocenters. The highest BCUT2D eigenvalue weighted by Gasteiger charge is 2.42. The number of alkyl halides is 17. The van der Waals surface area contributed by atoms with Gasteiger partial charge in [0, 0.05) is 48.1 Å². The fraction of sp³-hybridized carbons (Fsp3) is 0.366. The van der Waals surface area contributed by atoms with Crippen LogP contribution in [0.4, 0.5) is 65.9 Å². The number of rotatable bonds is 20. The zero-order valence-electron chi connectivity index (χ0n) is 63.4. The lowest BCUT2D eigenvalue weighted by atomic mass is 9.92. The molecule has 0 amide bonds. The lowest BCUT2D eigenvalue weighted by Crippen LogP contribution is -2.40. The molecule has 0 fully saturated rings. The summed E-state index contributed by atoms with van der Waals surface area (Å²) in [6.45, 7) is 23.1. The molecule has 8 aromatic rings. The van der Waals surface area contributed by atoms with Gasteiger partial charge in [-0.15, -0.1) is 23.2 Å². The van der Waals surface area contributed by atoms with Crippen LogP contribution in [0, 0.1) is 29.8 Å². The maximum atomic E-state index is 13.9. The third-order valence-corrected chi connectivity index (χ3v) is 18.2. The number of aryl methyl sites for hydroxylation is 1. The first-order chi connectivity index (χ1) is 52.6. The van der Waals surface area contributed by atoms with Crippen molar-refractivity contribution in [3.63, 3.8) is 0 Å². The van der Waals surface area contributed by atoms with E-state index in [2.05, 4.69) is 66.2 Å². The maximum Gasteiger partial charge on any atom is 0.416 e. The standard InChI is InChI=1S/C31H27F9N4O.C29H32F6N2O.C14H10N2O2.C6H15N.C2H4Cl2/c1-16(2)18-5-8-26(45-4)25(12-18)24-7-6-21(29(32,33)34)11-20(24)14-44-17(3)27(43-28(44)42-15-41)19-9-22(30(35,36)37)13-23(10-19)31(38,39)40;1-16(2)19-7-9-26(38-5)25(13-19)24-8-6-17(3)10-21(24)15-37-18(4)27(36)20-11-22(28(30,31)32)14-23(12-20)29(33,34)35;15-11-16-14(17-12-7-3-1-4-8-12)18-13-9-5-2-6-10-13;1-4-7(5-2)6-3;3-1-2-4/h5-13,16-17,27H,14H2,1-4H3,(H,42,43);6-14,16,18,27,37H,15,36H2,1-5H3;1-10H;4-6H2,1-3H3;1-2H2/t17-,27-;18-,27-;;;/m00.../s1. The Bertz CT molecular complexity index is 4350. The van der Waals surface area contributed by atoms with Crippen LogP contribution in [-0.4, -0.2) is 79.5 Å². The molecule has 0 unspecified atom stereocenters. The van der Waals surface area contributed by atoms with E-state index in [9.17, 15) is 71.1 Å². The normalized spacial score (nSPS) is 14.1. The topological polar surface area (TPSA) is 166 Å². The van der Waals surface area contributed by atoms with E-state index in [1.165, 1.54) is 44.6 Å². The summed E-state index contributed by atoms with van der Waals surface area (Å²) >= 11 is 10.1. The fourth-order valence-electron chi connectivity index (χ4n) is 11.4. The number of aliphatic imine (C=N–C) groups is 2. The molecule has 8 aromatic carbocycles. The molecular weight excluding hydrogens is 1530 g/mol. The molecule has 0 aliphatic carbocycles. The zero-order valence-corrected chi connectivity index (χ0v) is 64.9.